The summed E-state index contributed by atoms with van der Waals surface area (Å²) in [6.07, 6.45) is 3.13. The second-order valence-corrected chi connectivity index (χ2v) is 5.10. The van der Waals surface area contributed by atoms with E-state index in [4.69, 9.17) is 5.11 Å². The number of aromatic nitrogens is 2. The highest BCUT2D eigenvalue weighted by Crippen LogP contribution is 2.17. The first-order valence-electron chi connectivity index (χ1n) is 5.78. The van der Waals surface area contributed by atoms with E-state index in [-0.39, 0.29) is 12.2 Å². The molecule has 0 aromatic carbocycles. The SMILES string of the molecule is Cc1cc(Br)cnc1NC(=O)c1cccn1CC(=O)O. The summed E-state index contributed by atoms with van der Waals surface area (Å²) in [7, 11) is 0. The van der Waals surface area contributed by atoms with Crippen LogP contribution in [-0.2, 0) is 11.3 Å². The summed E-state index contributed by atoms with van der Waals surface area (Å²) in [5.41, 5.74) is 1.08. The lowest BCUT2D eigenvalue weighted by Gasteiger charge is -2.09. The molecule has 0 bridgehead atoms. The van der Waals surface area contributed by atoms with Crippen molar-refractivity contribution in [3.63, 3.8) is 0 Å². The standard InChI is InChI=1S/C13H12BrN3O3/c1-8-5-9(14)6-15-12(8)16-13(20)10-3-2-4-17(10)7-11(18)19/h2-6H,7H2,1H3,(H,18,19)(H,15,16,20). The van der Waals surface area contributed by atoms with Gasteiger partial charge in [-0.1, -0.05) is 0 Å². The number of hydrogen-bond donors (Lipinski definition) is 2. The first-order chi connectivity index (χ1) is 9.47. The van der Waals surface area contributed by atoms with Crippen molar-refractivity contribution in [3.8, 4) is 0 Å². The number of aryl methyl sites for hydroxylation is 1. The summed E-state index contributed by atoms with van der Waals surface area (Å²) in [6.45, 7) is 1.56. The smallest absolute Gasteiger partial charge is 0.323 e. The summed E-state index contributed by atoms with van der Waals surface area (Å²) >= 11 is 3.30. The maximum atomic E-state index is 12.1. The van der Waals surface area contributed by atoms with E-state index in [1.807, 2.05) is 13.0 Å². The Morgan fingerprint density at radius 2 is 2.25 bits per heavy atom. The number of carbonyl (C=O) groups excluding carboxylic acids is 1. The highest BCUT2D eigenvalue weighted by atomic mass is 79.9. The lowest BCUT2D eigenvalue weighted by Crippen LogP contribution is -2.20. The van der Waals surface area contributed by atoms with Gasteiger partial charge in [0.1, 0.15) is 18.1 Å². The minimum absolute atomic E-state index is 0.261. The second kappa shape index (κ2) is 5.87. The van der Waals surface area contributed by atoms with E-state index >= 15 is 0 Å². The van der Waals surface area contributed by atoms with Crippen LogP contribution >= 0.6 is 15.9 Å². The number of hydrogen-bond acceptors (Lipinski definition) is 3. The molecule has 0 fully saturated rings. The summed E-state index contributed by atoms with van der Waals surface area (Å²) in [4.78, 5) is 27.0. The summed E-state index contributed by atoms with van der Waals surface area (Å²) in [6, 6.07) is 5.02. The van der Waals surface area contributed by atoms with Gasteiger partial charge in [-0.3, -0.25) is 9.59 Å². The van der Waals surface area contributed by atoms with Gasteiger partial charge in [-0.15, -0.1) is 0 Å². The largest absolute Gasteiger partial charge is 0.480 e. The number of amides is 1. The summed E-state index contributed by atoms with van der Waals surface area (Å²) < 4.78 is 2.19. The van der Waals surface area contributed by atoms with E-state index in [1.54, 1.807) is 24.5 Å². The third kappa shape index (κ3) is 3.24. The molecular formula is C13H12BrN3O3. The molecule has 2 N–H and O–H groups in total. The Morgan fingerprint density at radius 1 is 1.50 bits per heavy atom. The van der Waals surface area contributed by atoms with Crippen molar-refractivity contribution < 1.29 is 14.7 Å². The second-order valence-electron chi connectivity index (χ2n) is 4.19. The van der Waals surface area contributed by atoms with Gasteiger partial charge in [0, 0.05) is 16.9 Å². The molecule has 0 saturated heterocycles. The van der Waals surface area contributed by atoms with Gasteiger partial charge in [0.05, 0.1) is 0 Å². The van der Waals surface area contributed by atoms with Crippen LogP contribution in [0.2, 0.25) is 0 Å². The Hall–Kier alpha value is -2.15. The zero-order valence-corrected chi connectivity index (χ0v) is 12.2. The zero-order chi connectivity index (χ0) is 14.7. The molecule has 0 saturated carbocycles. The van der Waals surface area contributed by atoms with Gasteiger partial charge < -0.3 is 15.0 Å². The van der Waals surface area contributed by atoms with Crippen LogP contribution in [0.15, 0.2) is 35.1 Å². The average Bonchev–Trinajstić information content (AvgIpc) is 2.80. The number of carboxylic acid groups (broad SMARTS) is 1. The maximum absolute atomic E-state index is 12.1. The van der Waals surface area contributed by atoms with Gasteiger partial charge in [-0.2, -0.15) is 0 Å². The fraction of sp³-hybridized carbons (Fsp3) is 0.154. The van der Waals surface area contributed by atoms with Gasteiger partial charge in [0.2, 0.25) is 0 Å². The number of anilines is 1. The monoisotopic (exact) mass is 337 g/mol. The number of halogens is 1. The molecule has 20 heavy (non-hydrogen) atoms. The van der Waals surface area contributed by atoms with Crippen LogP contribution in [0.25, 0.3) is 0 Å². The van der Waals surface area contributed by atoms with Gasteiger partial charge in [-0.05, 0) is 46.6 Å². The predicted octanol–water partition coefficient (Wildman–Crippen LogP) is 2.29. The van der Waals surface area contributed by atoms with Crippen molar-refractivity contribution in [1.82, 2.24) is 9.55 Å². The first-order valence-corrected chi connectivity index (χ1v) is 6.57. The van der Waals surface area contributed by atoms with E-state index in [2.05, 4.69) is 26.2 Å². The Bertz CT molecular complexity index is 667. The highest BCUT2D eigenvalue weighted by molar-refractivity contribution is 9.10. The average molecular weight is 338 g/mol. The van der Waals surface area contributed by atoms with Crippen LogP contribution in [0.4, 0.5) is 5.82 Å². The first kappa shape index (κ1) is 14.3. The van der Waals surface area contributed by atoms with Crippen LogP contribution in [-0.4, -0.2) is 26.5 Å². The van der Waals surface area contributed by atoms with Crippen molar-refractivity contribution in [2.45, 2.75) is 13.5 Å². The van der Waals surface area contributed by atoms with Crippen LogP contribution < -0.4 is 5.32 Å². The molecule has 2 rings (SSSR count). The van der Waals surface area contributed by atoms with Gasteiger partial charge in [0.15, 0.2) is 0 Å². The van der Waals surface area contributed by atoms with Crippen molar-refractivity contribution in [1.29, 1.82) is 0 Å². The molecule has 0 radical (unpaired) electrons. The van der Waals surface area contributed by atoms with E-state index < -0.39 is 11.9 Å². The van der Waals surface area contributed by atoms with E-state index in [0.29, 0.717) is 5.82 Å². The highest BCUT2D eigenvalue weighted by Gasteiger charge is 2.14. The number of nitrogens with zero attached hydrogens (tertiary/aromatic N) is 2. The molecule has 0 aliphatic heterocycles. The minimum Gasteiger partial charge on any atom is -0.480 e. The van der Waals surface area contributed by atoms with E-state index in [9.17, 15) is 9.59 Å². The fourth-order valence-corrected chi connectivity index (χ4v) is 2.19. The summed E-state index contributed by atoms with van der Waals surface area (Å²) in [5, 5.41) is 11.5. The topological polar surface area (TPSA) is 84.2 Å². The molecule has 6 nitrogen and oxygen atoms in total. The molecule has 0 unspecified atom stereocenters. The van der Waals surface area contributed by atoms with E-state index in [0.717, 1.165) is 10.0 Å². The zero-order valence-electron chi connectivity index (χ0n) is 10.6. The Morgan fingerprint density at radius 3 is 2.90 bits per heavy atom. The van der Waals surface area contributed by atoms with Crippen LogP contribution in [0.1, 0.15) is 16.1 Å². The Balaban J connectivity index is 2.20. The predicted molar refractivity (Wildman–Crippen MR) is 76.7 cm³/mol. The van der Waals surface area contributed by atoms with Crippen molar-refractivity contribution in [2.24, 2.45) is 0 Å². The normalized spacial score (nSPS) is 10.3. The number of aliphatic carboxylic acids is 1. The molecule has 2 heterocycles. The quantitative estimate of drug-likeness (QED) is 0.896. The Labute approximate surface area is 123 Å². The van der Waals surface area contributed by atoms with Crippen molar-refractivity contribution in [3.05, 3.63) is 46.3 Å². The van der Waals surface area contributed by atoms with Gasteiger partial charge >= 0.3 is 5.97 Å². The number of pyridine rings is 1. The number of carbonyl (C=O) groups is 2. The molecule has 0 aliphatic rings. The molecule has 0 aliphatic carbocycles. The van der Waals surface area contributed by atoms with Gasteiger partial charge in [-0.25, -0.2) is 4.98 Å². The molecule has 0 spiro atoms. The van der Waals surface area contributed by atoms with Crippen LogP contribution in [0.5, 0.6) is 0 Å². The number of carboxylic acids is 1. The van der Waals surface area contributed by atoms with Crippen LogP contribution in [0, 0.1) is 6.92 Å². The molecule has 7 heteroatoms. The van der Waals surface area contributed by atoms with Crippen molar-refractivity contribution in [2.75, 3.05) is 5.32 Å². The molecular weight excluding hydrogens is 326 g/mol. The molecule has 2 aromatic heterocycles. The molecule has 0 atom stereocenters. The van der Waals surface area contributed by atoms with Crippen molar-refractivity contribution >= 4 is 33.6 Å². The molecule has 104 valence electrons. The molecule has 1 amide bonds. The lowest BCUT2D eigenvalue weighted by molar-refractivity contribution is -0.137. The summed E-state index contributed by atoms with van der Waals surface area (Å²) in [5.74, 6) is -0.955. The fourth-order valence-electron chi connectivity index (χ4n) is 1.75. The van der Waals surface area contributed by atoms with E-state index in [1.165, 1.54) is 4.57 Å². The minimum atomic E-state index is -1.01. The molecule has 2 aromatic rings. The lowest BCUT2D eigenvalue weighted by atomic mass is 10.3. The third-order valence-corrected chi connectivity index (χ3v) is 3.08. The Kier molecular flexibility index (Phi) is 4.19. The maximum Gasteiger partial charge on any atom is 0.323 e. The number of rotatable bonds is 4. The third-order valence-electron chi connectivity index (χ3n) is 2.64. The number of nitrogens with one attached hydrogen (secondary N) is 1. The van der Waals surface area contributed by atoms with Gasteiger partial charge in [0.25, 0.3) is 5.91 Å². The van der Waals surface area contributed by atoms with Crippen LogP contribution in [0.3, 0.4) is 0 Å².